The van der Waals surface area contributed by atoms with Crippen LogP contribution in [0.25, 0.3) is 0 Å². The van der Waals surface area contributed by atoms with Gasteiger partial charge in [-0.25, -0.2) is 0 Å². The lowest BCUT2D eigenvalue weighted by Gasteiger charge is -2.15. The maximum absolute atomic E-state index is 11.6. The molecule has 16 heavy (non-hydrogen) atoms. The van der Waals surface area contributed by atoms with Gasteiger partial charge in [0, 0.05) is 32.3 Å². The van der Waals surface area contributed by atoms with E-state index in [0.29, 0.717) is 18.9 Å². The summed E-state index contributed by atoms with van der Waals surface area (Å²) in [7, 11) is 0. The molecule has 0 aromatic carbocycles. The number of carbonyl (C=O) groups is 1. The number of rotatable bonds is 5. The van der Waals surface area contributed by atoms with Crippen LogP contribution in [0.3, 0.4) is 0 Å². The van der Waals surface area contributed by atoms with E-state index in [-0.39, 0.29) is 5.91 Å². The highest BCUT2D eigenvalue weighted by Gasteiger charge is 2.27. The Balaban J connectivity index is 1.72. The van der Waals surface area contributed by atoms with E-state index in [1.807, 2.05) is 11.1 Å². The number of aromatic nitrogens is 3. The Morgan fingerprint density at radius 1 is 1.50 bits per heavy atom. The van der Waals surface area contributed by atoms with Gasteiger partial charge in [0.25, 0.3) is 0 Å². The summed E-state index contributed by atoms with van der Waals surface area (Å²) in [5.74, 6) is 0.577. The Hall–Kier alpha value is -1.43. The minimum absolute atomic E-state index is 0.231. The van der Waals surface area contributed by atoms with Crippen LogP contribution < -0.4 is 5.73 Å². The standard InChI is InChI=1S/C10H17N5O/c11-7-9-6-10(16)14(8-9)3-1-4-15-5-2-12-13-15/h2,5,9H,1,3-4,6-8,11H2. The molecule has 1 atom stereocenters. The molecular weight excluding hydrogens is 206 g/mol. The lowest BCUT2D eigenvalue weighted by molar-refractivity contribution is -0.127. The second kappa shape index (κ2) is 5.07. The van der Waals surface area contributed by atoms with Crippen molar-refractivity contribution < 1.29 is 4.79 Å². The predicted octanol–water partition coefficient (Wildman–Crippen LogP) is -0.525. The summed E-state index contributed by atoms with van der Waals surface area (Å²) in [6, 6.07) is 0. The zero-order valence-electron chi connectivity index (χ0n) is 9.25. The second-order valence-corrected chi connectivity index (χ2v) is 4.17. The lowest BCUT2D eigenvalue weighted by Crippen LogP contribution is -2.28. The highest BCUT2D eigenvalue weighted by atomic mass is 16.2. The van der Waals surface area contributed by atoms with Gasteiger partial charge < -0.3 is 10.6 Å². The summed E-state index contributed by atoms with van der Waals surface area (Å²) in [6.07, 6.45) is 5.01. The molecule has 0 aliphatic carbocycles. The van der Waals surface area contributed by atoms with Crippen LogP contribution in [0.5, 0.6) is 0 Å². The first-order valence-electron chi connectivity index (χ1n) is 5.61. The van der Waals surface area contributed by atoms with Crippen molar-refractivity contribution in [1.82, 2.24) is 19.9 Å². The van der Waals surface area contributed by atoms with Gasteiger partial charge in [0.05, 0.1) is 6.20 Å². The summed E-state index contributed by atoms with van der Waals surface area (Å²) in [6.45, 7) is 3.00. The van der Waals surface area contributed by atoms with Crippen LogP contribution >= 0.6 is 0 Å². The fourth-order valence-corrected chi connectivity index (χ4v) is 2.00. The van der Waals surface area contributed by atoms with Crippen LogP contribution in [0.1, 0.15) is 12.8 Å². The quantitative estimate of drug-likeness (QED) is 0.728. The van der Waals surface area contributed by atoms with Crippen LogP contribution in [0.15, 0.2) is 12.4 Å². The van der Waals surface area contributed by atoms with Crippen molar-refractivity contribution in [3.8, 4) is 0 Å². The average molecular weight is 223 g/mol. The van der Waals surface area contributed by atoms with E-state index in [1.54, 1.807) is 10.9 Å². The van der Waals surface area contributed by atoms with Crippen LogP contribution in [-0.4, -0.2) is 45.4 Å². The fourth-order valence-electron chi connectivity index (χ4n) is 2.00. The smallest absolute Gasteiger partial charge is 0.222 e. The van der Waals surface area contributed by atoms with Crippen LogP contribution in [0, 0.1) is 5.92 Å². The van der Waals surface area contributed by atoms with E-state index < -0.39 is 0 Å². The Kier molecular flexibility index (Phi) is 3.51. The Morgan fingerprint density at radius 3 is 3.00 bits per heavy atom. The molecule has 6 heteroatoms. The minimum Gasteiger partial charge on any atom is -0.342 e. The summed E-state index contributed by atoms with van der Waals surface area (Å²) < 4.78 is 1.78. The highest BCUT2D eigenvalue weighted by molar-refractivity contribution is 5.78. The highest BCUT2D eigenvalue weighted by Crippen LogP contribution is 2.16. The summed E-state index contributed by atoms with van der Waals surface area (Å²) in [5.41, 5.74) is 5.56. The first-order chi connectivity index (χ1) is 7.79. The molecule has 0 saturated carbocycles. The molecule has 1 aliphatic heterocycles. The maximum Gasteiger partial charge on any atom is 0.222 e. The van der Waals surface area contributed by atoms with E-state index in [9.17, 15) is 4.79 Å². The molecule has 1 aliphatic rings. The van der Waals surface area contributed by atoms with Gasteiger partial charge in [-0.1, -0.05) is 5.21 Å². The van der Waals surface area contributed by atoms with E-state index in [2.05, 4.69) is 10.3 Å². The number of likely N-dealkylation sites (tertiary alicyclic amines) is 1. The van der Waals surface area contributed by atoms with Gasteiger partial charge in [0.15, 0.2) is 0 Å². The van der Waals surface area contributed by atoms with Crippen molar-refractivity contribution in [3.63, 3.8) is 0 Å². The van der Waals surface area contributed by atoms with Gasteiger partial charge >= 0.3 is 0 Å². The molecule has 1 aromatic rings. The largest absolute Gasteiger partial charge is 0.342 e. The summed E-state index contributed by atoms with van der Waals surface area (Å²) in [4.78, 5) is 13.5. The molecule has 1 unspecified atom stereocenters. The van der Waals surface area contributed by atoms with Gasteiger partial charge in [-0.3, -0.25) is 9.48 Å². The van der Waals surface area contributed by atoms with E-state index >= 15 is 0 Å². The number of carbonyl (C=O) groups excluding carboxylic acids is 1. The number of aryl methyl sites for hydroxylation is 1. The number of amides is 1. The minimum atomic E-state index is 0.231. The van der Waals surface area contributed by atoms with Crippen LogP contribution in [0.4, 0.5) is 0 Å². The number of hydrogen-bond acceptors (Lipinski definition) is 4. The van der Waals surface area contributed by atoms with Gasteiger partial charge in [0.1, 0.15) is 0 Å². The van der Waals surface area contributed by atoms with Crippen molar-refractivity contribution in [2.24, 2.45) is 11.7 Å². The van der Waals surface area contributed by atoms with Crippen molar-refractivity contribution in [1.29, 1.82) is 0 Å². The van der Waals surface area contributed by atoms with Crippen molar-refractivity contribution in [3.05, 3.63) is 12.4 Å². The van der Waals surface area contributed by atoms with Crippen molar-refractivity contribution in [2.75, 3.05) is 19.6 Å². The predicted molar refractivity (Wildman–Crippen MR) is 58.4 cm³/mol. The Bertz CT molecular complexity index is 337. The molecule has 2 heterocycles. The average Bonchev–Trinajstić information content (AvgIpc) is 2.89. The number of nitrogens with two attached hydrogens (primary N) is 1. The molecule has 1 amide bonds. The van der Waals surface area contributed by atoms with Crippen molar-refractivity contribution >= 4 is 5.91 Å². The first-order valence-corrected chi connectivity index (χ1v) is 5.61. The van der Waals surface area contributed by atoms with Crippen LogP contribution in [-0.2, 0) is 11.3 Å². The molecule has 0 spiro atoms. The van der Waals surface area contributed by atoms with Gasteiger partial charge in [-0.15, -0.1) is 5.10 Å². The third-order valence-corrected chi connectivity index (χ3v) is 2.92. The topological polar surface area (TPSA) is 77.0 Å². The molecule has 88 valence electrons. The molecule has 2 N–H and O–H groups in total. The summed E-state index contributed by atoms with van der Waals surface area (Å²) in [5, 5.41) is 7.60. The Labute approximate surface area is 94.4 Å². The SMILES string of the molecule is NCC1CC(=O)N(CCCn2ccnn2)C1. The van der Waals surface area contributed by atoms with Gasteiger partial charge in [0.2, 0.25) is 5.91 Å². The van der Waals surface area contributed by atoms with Gasteiger partial charge in [-0.05, 0) is 18.9 Å². The molecule has 2 rings (SSSR count). The van der Waals surface area contributed by atoms with Gasteiger partial charge in [-0.2, -0.15) is 0 Å². The zero-order chi connectivity index (χ0) is 11.4. The monoisotopic (exact) mass is 223 g/mol. The lowest BCUT2D eigenvalue weighted by atomic mass is 10.1. The number of nitrogens with zero attached hydrogens (tertiary/aromatic N) is 4. The van der Waals surface area contributed by atoms with Crippen LogP contribution in [0.2, 0.25) is 0 Å². The maximum atomic E-state index is 11.6. The molecule has 1 aromatic heterocycles. The fraction of sp³-hybridized carbons (Fsp3) is 0.700. The van der Waals surface area contributed by atoms with E-state index in [0.717, 1.165) is 26.1 Å². The third kappa shape index (κ3) is 2.57. The molecule has 1 fully saturated rings. The first kappa shape index (κ1) is 11.1. The van der Waals surface area contributed by atoms with E-state index in [4.69, 9.17) is 5.73 Å². The Morgan fingerprint density at radius 2 is 2.38 bits per heavy atom. The number of hydrogen-bond donors (Lipinski definition) is 1. The summed E-state index contributed by atoms with van der Waals surface area (Å²) >= 11 is 0. The molecule has 0 bridgehead atoms. The molecule has 0 radical (unpaired) electrons. The molecular formula is C10H17N5O. The third-order valence-electron chi connectivity index (χ3n) is 2.92. The zero-order valence-corrected chi connectivity index (χ0v) is 9.25. The normalized spacial score (nSPS) is 20.7. The molecule has 1 saturated heterocycles. The second-order valence-electron chi connectivity index (χ2n) is 4.17. The van der Waals surface area contributed by atoms with Crippen molar-refractivity contribution in [2.45, 2.75) is 19.4 Å². The molecule has 6 nitrogen and oxygen atoms in total. The van der Waals surface area contributed by atoms with E-state index in [1.165, 1.54) is 0 Å².